The van der Waals surface area contributed by atoms with E-state index in [-0.39, 0.29) is 0 Å². The predicted molar refractivity (Wildman–Crippen MR) is 73.1 cm³/mol. The molecule has 0 spiro atoms. The van der Waals surface area contributed by atoms with Crippen LogP contribution >= 0.6 is 0 Å². The van der Waals surface area contributed by atoms with Gasteiger partial charge in [-0.15, -0.1) is 0 Å². The largest absolute Gasteiger partial charge is 0.310 e. The molecule has 3 rings (SSSR count). The first-order valence-electron chi connectivity index (χ1n) is 6.82. The lowest BCUT2D eigenvalue weighted by Gasteiger charge is -2.04. The maximum atomic E-state index is 4.47. The zero-order valence-electron chi connectivity index (χ0n) is 11.4. The van der Waals surface area contributed by atoms with Crippen LogP contribution in [0.4, 0.5) is 0 Å². The van der Waals surface area contributed by atoms with Crippen LogP contribution in [0.3, 0.4) is 0 Å². The Balaban J connectivity index is 1.69. The van der Waals surface area contributed by atoms with E-state index in [2.05, 4.69) is 34.2 Å². The van der Waals surface area contributed by atoms with E-state index in [1.165, 1.54) is 12.8 Å². The second-order valence-corrected chi connectivity index (χ2v) is 5.39. The molecule has 2 aromatic heterocycles. The Labute approximate surface area is 113 Å². The lowest BCUT2D eigenvalue weighted by Crippen LogP contribution is -2.16. The first kappa shape index (κ1) is 12.3. The van der Waals surface area contributed by atoms with Crippen molar-refractivity contribution in [3.05, 3.63) is 35.9 Å². The van der Waals surface area contributed by atoms with Crippen LogP contribution in [0.25, 0.3) is 5.95 Å². The summed E-state index contributed by atoms with van der Waals surface area (Å²) >= 11 is 0. The molecule has 0 unspecified atom stereocenters. The van der Waals surface area contributed by atoms with E-state index in [4.69, 9.17) is 0 Å². The van der Waals surface area contributed by atoms with E-state index in [0.717, 1.165) is 17.8 Å². The number of aromatic nitrogens is 4. The molecule has 0 amide bonds. The molecule has 0 aromatic carbocycles. The molecule has 1 aliphatic carbocycles. The Morgan fingerprint density at radius 2 is 2.05 bits per heavy atom. The SMILES string of the molecule is CC(C)c1ccn(-c2ncc(CNC3CC3)cn2)n1. The first-order valence-corrected chi connectivity index (χ1v) is 6.82. The van der Waals surface area contributed by atoms with Crippen molar-refractivity contribution in [2.45, 2.75) is 45.2 Å². The first-order chi connectivity index (χ1) is 9.22. The van der Waals surface area contributed by atoms with Crippen molar-refractivity contribution in [2.24, 2.45) is 0 Å². The molecule has 0 saturated heterocycles. The molecule has 0 bridgehead atoms. The summed E-state index contributed by atoms with van der Waals surface area (Å²) in [7, 11) is 0. The van der Waals surface area contributed by atoms with E-state index in [9.17, 15) is 0 Å². The van der Waals surface area contributed by atoms with Gasteiger partial charge >= 0.3 is 0 Å². The predicted octanol–water partition coefficient (Wildman–Crippen LogP) is 2.04. The fraction of sp³-hybridized carbons (Fsp3) is 0.500. The van der Waals surface area contributed by atoms with Crippen LogP contribution in [-0.2, 0) is 6.54 Å². The molecular weight excluding hydrogens is 238 g/mol. The van der Waals surface area contributed by atoms with Gasteiger partial charge in [-0.3, -0.25) is 0 Å². The van der Waals surface area contributed by atoms with Crippen LogP contribution in [0.5, 0.6) is 0 Å². The van der Waals surface area contributed by atoms with Crippen molar-refractivity contribution in [1.82, 2.24) is 25.1 Å². The standard InChI is InChI=1S/C14H19N5/c1-10(2)13-5-6-19(18-13)14-16-8-11(9-17-14)7-15-12-3-4-12/h5-6,8-10,12,15H,3-4,7H2,1-2H3. The normalized spacial score (nSPS) is 15.1. The topological polar surface area (TPSA) is 55.6 Å². The third-order valence-electron chi connectivity index (χ3n) is 3.27. The number of rotatable bonds is 5. The summed E-state index contributed by atoms with van der Waals surface area (Å²) in [5.74, 6) is 1.05. The molecule has 0 atom stereocenters. The highest BCUT2D eigenvalue weighted by Gasteiger charge is 2.20. The molecule has 2 aromatic rings. The number of nitrogens with zero attached hydrogens (tertiary/aromatic N) is 4. The highest BCUT2D eigenvalue weighted by atomic mass is 15.3. The highest BCUT2D eigenvalue weighted by Crippen LogP contribution is 2.19. The zero-order chi connectivity index (χ0) is 13.2. The van der Waals surface area contributed by atoms with Gasteiger partial charge in [-0.25, -0.2) is 14.6 Å². The maximum absolute atomic E-state index is 4.47. The van der Waals surface area contributed by atoms with Crippen molar-refractivity contribution in [2.75, 3.05) is 0 Å². The number of hydrogen-bond acceptors (Lipinski definition) is 4. The van der Waals surface area contributed by atoms with E-state index >= 15 is 0 Å². The molecule has 1 saturated carbocycles. The van der Waals surface area contributed by atoms with Gasteiger partial charge in [0, 0.05) is 36.7 Å². The summed E-state index contributed by atoms with van der Waals surface area (Å²) in [6, 6.07) is 2.72. The van der Waals surface area contributed by atoms with Gasteiger partial charge in [-0.2, -0.15) is 5.10 Å². The van der Waals surface area contributed by atoms with Crippen molar-refractivity contribution in [3.8, 4) is 5.95 Å². The van der Waals surface area contributed by atoms with Crippen LogP contribution in [0.1, 0.15) is 43.9 Å². The summed E-state index contributed by atoms with van der Waals surface area (Å²) < 4.78 is 1.73. The highest BCUT2D eigenvalue weighted by molar-refractivity contribution is 5.16. The third-order valence-corrected chi connectivity index (χ3v) is 3.27. The Morgan fingerprint density at radius 1 is 1.32 bits per heavy atom. The summed E-state index contributed by atoms with van der Waals surface area (Å²) in [5, 5.41) is 7.92. The van der Waals surface area contributed by atoms with Gasteiger partial charge < -0.3 is 5.32 Å². The molecule has 5 nitrogen and oxygen atoms in total. The van der Waals surface area contributed by atoms with Crippen LogP contribution in [-0.4, -0.2) is 25.8 Å². The van der Waals surface area contributed by atoms with Crippen molar-refractivity contribution >= 4 is 0 Å². The summed E-state index contributed by atoms with van der Waals surface area (Å²) in [6.07, 6.45) is 8.24. The molecule has 0 aliphatic heterocycles. The Bertz CT molecular complexity index is 539. The summed E-state index contributed by atoms with van der Waals surface area (Å²) in [4.78, 5) is 8.74. The lowest BCUT2D eigenvalue weighted by molar-refractivity contribution is 0.679. The summed E-state index contributed by atoms with van der Waals surface area (Å²) in [6.45, 7) is 5.10. The molecule has 0 radical (unpaired) electrons. The van der Waals surface area contributed by atoms with Crippen molar-refractivity contribution in [1.29, 1.82) is 0 Å². The Morgan fingerprint density at radius 3 is 2.63 bits per heavy atom. The molecule has 5 heteroatoms. The summed E-state index contributed by atoms with van der Waals surface area (Å²) in [5.41, 5.74) is 2.18. The second-order valence-electron chi connectivity index (χ2n) is 5.39. The fourth-order valence-corrected chi connectivity index (χ4v) is 1.86. The van der Waals surface area contributed by atoms with Gasteiger partial charge in [-0.1, -0.05) is 13.8 Å². The number of hydrogen-bond donors (Lipinski definition) is 1. The molecule has 1 fully saturated rings. The average Bonchev–Trinajstić information content (AvgIpc) is 3.11. The fourth-order valence-electron chi connectivity index (χ4n) is 1.86. The van der Waals surface area contributed by atoms with Crippen LogP contribution < -0.4 is 5.32 Å². The van der Waals surface area contributed by atoms with Crippen LogP contribution in [0, 0.1) is 0 Å². The van der Waals surface area contributed by atoms with Crippen LogP contribution in [0.15, 0.2) is 24.7 Å². The maximum Gasteiger partial charge on any atom is 0.250 e. The van der Waals surface area contributed by atoms with E-state index in [1.54, 1.807) is 4.68 Å². The van der Waals surface area contributed by atoms with Gasteiger partial charge in [0.1, 0.15) is 0 Å². The van der Waals surface area contributed by atoms with Crippen LogP contribution in [0.2, 0.25) is 0 Å². The van der Waals surface area contributed by atoms with Gasteiger partial charge in [0.25, 0.3) is 0 Å². The minimum absolute atomic E-state index is 0.420. The van der Waals surface area contributed by atoms with E-state index in [0.29, 0.717) is 17.9 Å². The van der Waals surface area contributed by atoms with E-state index < -0.39 is 0 Å². The Kier molecular flexibility index (Phi) is 3.29. The van der Waals surface area contributed by atoms with Gasteiger partial charge in [0.2, 0.25) is 5.95 Å². The second kappa shape index (κ2) is 5.09. The lowest BCUT2D eigenvalue weighted by atomic mass is 10.1. The molecular formula is C14H19N5. The van der Waals surface area contributed by atoms with Crippen molar-refractivity contribution in [3.63, 3.8) is 0 Å². The zero-order valence-corrected chi connectivity index (χ0v) is 11.4. The minimum atomic E-state index is 0.420. The van der Waals surface area contributed by atoms with Gasteiger partial charge in [-0.05, 0) is 24.8 Å². The molecule has 2 heterocycles. The molecule has 100 valence electrons. The average molecular weight is 257 g/mol. The smallest absolute Gasteiger partial charge is 0.250 e. The van der Waals surface area contributed by atoms with Gasteiger partial charge in [0.15, 0.2) is 0 Å². The molecule has 19 heavy (non-hydrogen) atoms. The monoisotopic (exact) mass is 257 g/mol. The van der Waals surface area contributed by atoms with Crippen molar-refractivity contribution < 1.29 is 0 Å². The molecule has 1 N–H and O–H groups in total. The third kappa shape index (κ3) is 2.98. The Hall–Kier alpha value is -1.75. The van der Waals surface area contributed by atoms with E-state index in [1.807, 2.05) is 24.7 Å². The minimum Gasteiger partial charge on any atom is -0.310 e. The number of nitrogens with one attached hydrogen (secondary N) is 1. The quantitative estimate of drug-likeness (QED) is 0.890. The van der Waals surface area contributed by atoms with Gasteiger partial charge in [0.05, 0.1) is 5.69 Å². The molecule has 1 aliphatic rings.